The van der Waals surface area contributed by atoms with Crippen LogP contribution < -0.4 is 5.73 Å². The van der Waals surface area contributed by atoms with Crippen molar-refractivity contribution >= 4 is 22.8 Å². The van der Waals surface area contributed by atoms with Crippen molar-refractivity contribution in [3.63, 3.8) is 0 Å². The molecule has 1 aromatic rings. The fourth-order valence-electron chi connectivity index (χ4n) is 1.62. The highest BCUT2D eigenvalue weighted by atomic mass is 32.2. The van der Waals surface area contributed by atoms with Crippen molar-refractivity contribution in [2.24, 2.45) is 10.7 Å². The highest BCUT2D eigenvalue weighted by Gasteiger charge is 2.31. The second-order valence-electron chi connectivity index (χ2n) is 3.80. The van der Waals surface area contributed by atoms with Crippen LogP contribution in [-0.2, 0) is 17.4 Å². The normalized spacial score (nSPS) is 20.1. The molecule has 0 unspecified atom stereocenters. The minimum atomic E-state index is -4.38. The number of hydrogen-bond acceptors (Lipinski definition) is 3. The summed E-state index contributed by atoms with van der Waals surface area (Å²) in [5, 5.41) is -0.356. The fraction of sp³-hybridized carbons (Fsp3) is 0.273. The van der Waals surface area contributed by atoms with E-state index >= 15 is 0 Å². The summed E-state index contributed by atoms with van der Waals surface area (Å²) in [6.45, 7) is 0. The molecule has 0 bridgehead atoms. The number of halogens is 3. The Labute approximate surface area is 105 Å². The predicted octanol–water partition coefficient (Wildman–Crippen LogP) is 2.20. The SMILES string of the molecule is NC1=NC(=O)[C@@H](Cc2cccc(C(F)(F)F)c2)S1. The predicted molar refractivity (Wildman–Crippen MR) is 63.2 cm³/mol. The van der Waals surface area contributed by atoms with E-state index in [4.69, 9.17) is 5.73 Å². The van der Waals surface area contributed by atoms with Crippen LogP contribution in [0, 0.1) is 0 Å². The molecule has 0 fully saturated rings. The average Bonchev–Trinajstić information content (AvgIpc) is 2.56. The summed E-state index contributed by atoms with van der Waals surface area (Å²) in [4.78, 5) is 14.9. The first-order chi connectivity index (χ1) is 8.36. The van der Waals surface area contributed by atoms with E-state index in [1.54, 1.807) is 6.07 Å². The number of nitrogens with two attached hydrogens (primary N) is 1. The van der Waals surface area contributed by atoms with Gasteiger partial charge in [-0.25, -0.2) is 0 Å². The number of carbonyl (C=O) groups excluding carboxylic acids is 1. The van der Waals surface area contributed by atoms with Gasteiger partial charge in [0.05, 0.1) is 10.8 Å². The van der Waals surface area contributed by atoms with Crippen molar-refractivity contribution in [1.82, 2.24) is 0 Å². The van der Waals surface area contributed by atoms with Crippen LogP contribution in [0.15, 0.2) is 29.3 Å². The largest absolute Gasteiger partial charge is 0.416 e. The van der Waals surface area contributed by atoms with E-state index in [0.717, 1.165) is 23.9 Å². The monoisotopic (exact) mass is 274 g/mol. The Bertz CT molecular complexity index is 513. The van der Waals surface area contributed by atoms with Gasteiger partial charge >= 0.3 is 6.18 Å². The Morgan fingerprint density at radius 2 is 2.11 bits per heavy atom. The first-order valence-corrected chi connectivity index (χ1v) is 5.95. The summed E-state index contributed by atoms with van der Waals surface area (Å²) in [6.07, 6.45) is -4.18. The van der Waals surface area contributed by atoms with Crippen molar-refractivity contribution in [3.05, 3.63) is 35.4 Å². The molecule has 1 amide bonds. The van der Waals surface area contributed by atoms with Gasteiger partial charge in [-0.05, 0) is 18.1 Å². The van der Waals surface area contributed by atoms with E-state index in [9.17, 15) is 18.0 Å². The van der Waals surface area contributed by atoms with E-state index in [0.29, 0.717) is 5.56 Å². The molecule has 96 valence electrons. The molecule has 0 aliphatic carbocycles. The summed E-state index contributed by atoms with van der Waals surface area (Å²) in [5.41, 5.74) is 5.11. The quantitative estimate of drug-likeness (QED) is 0.899. The van der Waals surface area contributed by atoms with Crippen LogP contribution in [0.1, 0.15) is 11.1 Å². The molecule has 1 aromatic carbocycles. The van der Waals surface area contributed by atoms with E-state index in [-0.39, 0.29) is 11.6 Å². The van der Waals surface area contributed by atoms with Crippen LogP contribution in [0.25, 0.3) is 0 Å². The number of amides is 1. The number of amidine groups is 1. The van der Waals surface area contributed by atoms with Crippen LogP contribution in [0.5, 0.6) is 0 Å². The number of carbonyl (C=O) groups is 1. The molecule has 3 nitrogen and oxygen atoms in total. The van der Waals surface area contributed by atoms with Gasteiger partial charge in [-0.1, -0.05) is 30.0 Å². The van der Waals surface area contributed by atoms with Gasteiger partial charge in [0.2, 0.25) is 0 Å². The Balaban J connectivity index is 2.14. The van der Waals surface area contributed by atoms with Crippen molar-refractivity contribution in [3.8, 4) is 0 Å². The van der Waals surface area contributed by atoms with Gasteiger partial charge in [-0.2, -0.15) is 18.2 Å². The van der Waals surface area contributed by atoms with Crippen LogP contribution in [-0.4, -0.2) is 16.3 Å². The second kappa shape index (κ2) is 4.64. The summed E-state index contributed by atoms with van der Waals surface area (Å²) in [6, 6.07) is 4.92. The zero-order chi connectivity index (χ0) is 13.3. The van der Waals surface area contributed by atoms with Crippen molar-refractivity contribution < 1.29 is 18.0 Å². The fourth-order valence-corrected chi connectivity index (χ4v) is 2.48. The molecule has 0 radical (unpaired) electrons. The summed E-state index contributed by atoms with van der Waals surface area (Å²) in [7, 11) is 0. The van der Waals surface area contributed by atoms with Gasteiger partial charge in [0, 0.05) is 0 Å². The molecule has 7 heteroatoms. The molecule has 0 spiro atoms. The van der Waals surface area contributed by atoms with Gasteiger partial charge in [0.1, 0.15) is 0 Å². The van der Waals surface area contributed by atoms with Crippen molar-refractivity contribution in [1.29, 1.82) is 0 Å². The van der Waals surface area contributed by atoms with Crippen LogP contribution in [0.4, 0.5) is 13.2 Å². The molecular formula is C11H9F3N2OS. The molecule has 1 aliphatic heterocycles. The lowest BCUT2D eigenvalue weighted by atomic mass is 10.1. The first kappa shape index (κ1) is 12.9. The van der Waals surface area contributed by atoms with Gasteiger partial charge in [-0.15, -0.1) is 0 Å². The summed E-state index contributed by atoms with van der Waals surface area (Å²) in [5.74, 6) is -0.394. The lowest BCUT2D eigenvalue weighted by Gasteiger charge is -2.10. The standard InChI is InChI=1S/C11H9F3N2OS/c12-11(13,14)7-3-1-2-6(4-7)5-8-9(17)16-10(15)18-8/h1-4,8H,5H2,(H2,15,16,17)/t8-/m1/s1. The van der Waals surface area contributed by atoms with Gasteiger partial charge in [-0.3, -0.25) is 4.79 Å². The maximum atomic E-state index is 12.5. The Morgan fingerprint density at radius 1 is 1.39 bits per heavy atom. The average molecular weight is 274 g/mol. The third-order valence-electron chi connectivity index (χ3n) is 2.43. The van der Waals surface area contributed by atoms with E-state index in [1.807, 2.05) is 0 Å². The third-order valence-corrected chi connectivity index (χ3v) is 3.42. The molecule has 2 rings (SSSR count). The number of alkyl halides is 3. The van der Waals surface area contributed by atoms with Crippen LogP contribution in [0.2, 0.25) is 0 Å². The minimum absolute atomic E-state index is 0.164. The van der Waals surface area contributed by atoms with Crippen molar-refractivity contribution in [2.75, 3.05) is 0 Å². The lowest BCUT2D eigenvalue weighted by Crippen LogP contribution is -2.15. The molecule has 2 N–H and O–H groups in total. The van der Waals surface area contributed by atoms with E-state index in [1.165, 1.54) is 6.07 Å². The molecule has 18 heavy (non-hydrogen) atoms. The summed E-state index contributed by atoms with van der Waals surface area (Å²) >= 11 is 1.08. The third kappa shape index (κ3) is 2.84. The number of aliphatic imine (C=N–C) groups is 1. The number of rotatable bonds is 2. The highest BCUT2D eigenvalue weighted by Crippen LogP contribution is 2.31. The maximum absolute atomic E-state index is 12.5. The topological polar surface area (TPSA) is 55.4 Å². The molecule has 1 atom stereocenters. The molecule has 1 aliphatic rings. The Morgan fingerprint density at radius 3 is 2.67 bits per heavy atom. The zero-order valence-corrected chi connectivity index (χ0v) is 9.89. The van der Waals surface area contributed by atoms with Crippen LogP contribution in [0.3, 0.4) is 0 Å². The van der Waals surface area contributed by atoms with Gasteiger partial charge in [0.25, 0.3) is 5.91 Å². The smallest absolute Gasteiger partial charge is 0.378 e. The van der Waals surface area contributed by atoms with E-state index in [2.05, 4.69) is 4.99 Å². The first-order valence-electron chi connectivity index (χ1n) is 5.07. The van der Waals surface area contributed by atoms with Crippen LogP contribution >= 0.6 is 11.8 Å². The minimum Gasteiger partial charge on any atom is -0.378 e. The number of thioether (sulfide) groups is 1. The molecule has 0 aromatic heterocycles. The number of nitrogens with zero attached hydrogens (tertiary/aromatic N) is 1. The van der Waals surface area contributed by atoms with Gasteiger partial charge in [0.15, 0.2) is 5.17 Å². The van der Waals surface area contributed by atoms with E-state index < -0.39 is 22.9 Å². The summed E-state index contributed by atoms with van der Waals surface area (Å²) < 4.78 is 37.5. The molecule has 1 heterocycles. The number of hydrogen-bond donors (Lipinski definition) is 1. The highest BCUT2D eigenvalue weighted by molar-refractivity contribution is 8.15. The van der Waals surface area contributed by atoms with Crippen molar-refractivity contribution in [2.45, 2.75) is 17.8 Å². The number of benzene rings is 1. The molecule has 0 saturated heterocycles. The maximum Gasteiger partial charge on any atom is 0.416 e. The molecular weight excluding hydrogens is 265 g/mol. The second-order valence-corrected chi connectivity index (χ2v) is 5.02. The molecule has 0 saturated carbocycles. The lowest BCUT2D eigenvalue weighted by molar-refractivity contribution is -0.137. The zero-order valence-electron chi connectivity index (χ0n) is 9.07. The Hall–Kier alpha value is -1.50. The van der Waals surface area contributed by atoms with Gasteiger partial charge < -0.3 is 5.73 Å². The Kier molecular flexibility index (Phi) is 3.34.